The molecule has 2 heterocycles. The zero-order valence-corrected chi connectivity index (χ0v) is 24.2. The molecule has 1 saturated heterocycles. The van der Waals surface area contributed by atoms with Gasteiger partial charge in [0.15, 0.2) is 6.61 Å². The van der Waals surface area contributed by atoms with Crippen LogP contribution in [0.1, 0.15) is 61.4 Å². The molecule has 3 rings (SSSR count). The van der Waals surface area contributed by atoms with Gasteiger partial charge in [0.1, 0.15) is 17.1 Å². The molecule has 41 heavy (non-hydrogen) atoms. The summed E-state index contributed by atoms with van der Waals surface area (Å²) in [6.45, 7) is 2.76. The van der Waals surface area contributed by atoms with Crippen molar-refractivity contribution in [3.05, 3.63) is 52.8 Å². The van der Waals surface area contributed by atoms with E-state index in [4.69, 9.17) is 14.1 Å². The van der Waals surface area contributed by atoms with Crippen LogP contribution in [0.25, 0.3) is 6.08 Å². The van der Waals surface area contributed by atoms with E-state index in [1.54, 1.807) is 11.0 Å². The Morgan fingerprint density at radius 3 is 2.37 bits per heavy atom. The molecule has 0 aliphatic carbocycles. The summed E-state index contributed by atoms with van der Waals surface area (Å²) in [5, 5.41) is 0. The summed E-state index contributed by atoms with van der Waals surface area (Å²) in [7, 11) is -10.4. The number of nitrogens with zero attached hydrogens (tertiary/aromatic N) is 1. The smallest absolute Gasteiger partial charge is 0.462 e. The molecule has 2 aliphatic rings. The Balaban J connectivity index is 2.07. The Labute approximate surface area is 237 Å². The molecule has 5 N–H and O–H groups in total. The van der Waals surface area contributed by atoms with Gasteiger partial charge in [-0.25, -0.2) is 13.9 Å². The number of hydroxylamine groups is 1. The third-order valence-corrected chi connectivity index (χ3v) is 6.83. The van der Waals surface area contributed by atoms with Crippen LogP contribution in [0.15, 0.2) is 41.6 Å². The van der Waals surface area contributed by atoms with Gasteiger partial charge >= 0.3 is 21.6 Å². The van der Waals surface area contributed by atoms with Gasteiger partial charge in [0.25, 0.3) is 5.91 Å². The number of esters is 1. The van der Waals surface area contributed by atoms with Crippen molar-refractivity contribution in [2.24, 2.45) is 0 Å². The molecule has 0 radical (unpaired) electrons. The Morgan fingerprint density at radius 2 is 1.68 bits per heavy atom. The summed E-state index contributed by atoms with van der Waals surface area (Å²) in [4.78, 5) is 70.4. The van der Waals surface area contributed by atoms with E-state index in [9.17, 15) is 38.3 Å². The Bertz CT molecular complexity index is 1290. The molecular weight excluding hydrogens is 582 g/mol. The molecule has 16 heteroatoms. The van der Waals surface area contributed by atoms with Gasteiger partial charge < -0.3 is 18.7 Å². The van der Waals surface area contributed by atoms with Crippen molar-refractivity contribution in [2.45, 2.75) is 45.4 Å². The second-order valence-corrected chi connectivity index (χ2v) is 11.7. The van der Waals surface area contributed by atoms with E-state index in [1.807, 2.05) is 19.1 Å². The van der Waals surface area contributed by atoms with E-state index >= 15 is 0 Å². The van der Waals surface area contributed by atoms with Crippen LogP contribution in [-0.4, -0.2) is 62.7 Å². The first-order chi connectivity index (χ1) is 19.3. The van der Waals surface area contributed by atoms with Crippen molar-refractivity contribution < 1.29 is 56.9 Å². The first kappa shape index (κ1) is 32.6. The summed E-state index contributed by atoms with van der Waals surface area (Å²) in [5.41, 5.74) is 3.18. The van der Waals surface area contributed by atoms with Gasteiger partial charge in [0.05, 0.1) is 12.3 Å². The number of carbonyl (C=O) groups is 2. The van der Waals surface area contributed by atoms with Gasteiger partial charge in [-0.2, -0.15) is 0 Å². The number of piperidine rings is 1. The molecule has 1 amide bonds. The number of ether oxygens (including phenoxy) is 1. The minimum Gasteiger partial charge on any atom is -0.462 e. The topological polar surface area (TPSA) is 201 Å². The normalized spacial score (nSPS) is 19.9. The lowest BCUT2D eigenvalue weighted by molar-refractivity contribution is -0.139. The highest BCUT2D eigenvalue weighted by Gasteiger charge is 2.28. The molecule has 2 aliphatic heterocycles. The highest BCUT2D eigenvalue weighted by Crippen LogP contribution is 2.45. The molecule has 1 fully saturated rings. The van der Waals surface area contributed by atoms with Gasteiger partial charge in [-0.15, -0.1) is 0 Å². The molecule has 1 aromatic rings. The van der Waals surface area contributed by atoms with Gasteiger partial charge in [-0.05, 0) is 69.2 Å². The average molecular weight is 616 g/mol. The number of allylic oxidation sites excluding steroid dienone is 3. The molecule has 14 nitrogen and oxygen atoms in total. The maximum Gasteiger partial charge on any atom is 0.524 e. The zero-order valence-electron chi connectivity index (χ0n) is 22.4. The summed E-state index contributed by atoms with van der Waals surface area (Å²) in [5.74, 6) is -2.52. The number of phosphoric acid groups is 2. The quantitative estimate of drug-likeness (QED) is 0.123. The molecule has 0 aromatic heterocycles. The van der Waals surface area contributed by atoms with Crippen LogP contribution in [0.4, 0.5) is 0 Å². The van der Waals surface area contributed by atoms with Crippen molar-refractivity contribution in [3.63, 3.8) is 0 Å². The van der Waals surface area contributed by atoms with Gasteiger partial charge in [-0.1, -0.05) is 17.7 Å². The maximum atomic E-state index is 13.1. The van der Waals surface area contributed by atoms with Crippen LogP contribution < -0.4 is 14.5 Å². The molecule has 0 spiro atoms. The number of rotatable bonds is 8. The Morgan fingerprint density at radius 1 is 1.00 bits per heavy atom. The minimum absolute atomic E-state index is 0.0593. The second-order valence-electron chi connectivity index (χ2n) is 9.41. The van der Waals surface area contributed by atoms with Gasteiger partial charge in [0.2, 0.25) is 0 Å². The minimum atomic E-state index is -5.26. The Hall–Kier alpha value is -2.96. The number of likely N-dealkylation sites (tertiary alicyclic amines) is 1. The van der Waals surface area contributed by atoms with Gasteiger partial charge in [-0.3, -0.25) is 34.7 Å². The number of fused-ring (bicyclic) bond motifs is 1. The summed E-state index contributed by atoms with van der Waals surface area (Å²) in [6.07, 6.45) is 11.3. The van der Waals surface area contributed by atoms with Crippen LogP contribution in [0.3, 0.4) is 0 Å². The lowest BCUT2D eigenvalue weighted by Gasteiger charge is -2.26. The van der Waals surface area contributed by atoms with Crippen LogP contribution in [-0.2, 0) is 23.5 Å². The zero-order chi connectivity index (χ0) is 30.0. The monoisotopic (exact) mass is 616 g/mol. The standard InChI is InChI=1S/C25H34N2O12P2/c1-18-9-5-2-3-8-12-36-25(29)24-19(15-21(38-40(30,31)32)16-22(24)39-41(33,34)35)14-20(13-18)26-37-17-23(28)27-10-6-4-7-11-27/h2-3,13-16,26H,4-12,17H2,1H3,(H2,30,31,32)(H2,33,34,35)/b3-2?,18-13+,20-14-. The third kappa shape index (κ3) is 11.4. The van der Waals surface area contributed by atoms with Gasteiger partial charge in [0, 0.05) is 19.2 Å². The average Bonchev–Trinajstić information content (AvgIpc) is 2.86. The Kier molecular flexibility index (Phi) is 11.7. The van der Waals surface area contributed by atoms with Crippen LogP contribution in [0.2, 0.25) is 0 Å². The molecule has 0 atom stereocenters. The number of phosphoric ester groups is 2. The van der Waals surface area contributed by atoms with Crippen molar-refractivity contribution in [1.29, 1.82) is 0 Å². The molecule has 0 bridgehead atoms. The van der Waals surface area contributed by atoms with Crippen molar-refractivity contribution in [2.75, 3.05) is 26.3 Å². The van der Waals surface area contributed by atoms with E-state index in [0.717, 1.165) is 37.0 Å². The lowest BCUT2D eigenvalue weighted by Crippen LogP contribution is -2.39. The van der Waals surface area contributed by atoms with E-state index in [-0.39, 0.29) is 30.4 Å². The molecule has 0 saturated carbocycles. The fourth-order valence-electron chi connectivity index (χ4n) is 4.19. The highest BCUT2D eigenvalue weighted by molar-refractivity contribution is 7.47. The highest BCUT2D eigenvalue weighted by atomic mass is 31.2. The molecular formula is C25H34N2O12P2. The van der Waals surface area contributed by atoms with Crippen LogP contribution >= 0.6 is 15.6 Å². The first-order valence-corrected chi connectivity index (χ1v) is 15.9. The lowest BCUT2D eigenvalue weighted by atomic mass is 10.0. The molecule has 0 unspecified atom stereocenters. The second kappa shape index (κ2) is 14.8. The number of cyclic esters (lactones) is 1. The molecule has 226 valence electrons. The van der Waals surface area contributed by atoms with Crippen molar-refractivity contribution >= 4 is 33.6 Å². The predicted molar refractivity (Wildman–Crippen MR) is 146 cm³/mol. The number of carbonyl (C=O) groups excluding carboxylic acids is 2. The number of nitrogens with one attached hydrogen (secondary N) is 1. The predicted octanol–water partition coefficient (Wildman–Crippen LogP) is 3.35. The number of hydrogen-bond donors (Lipinski definition) is 5. The largest absolute Gasteiger partial charge is 0.524 e. The SMILES string of the molecule is C/C1=C\C(NOCC(=O)N2CCCCC2)=C\c2cc(OP(=O)(O)O)cc(OP(=O)(O)O)c2C(=O)OCCC=CCC1. The van der Waals surface area contributed by atoms with E-state index in [0.29, 0.717) is 32.4 Å². The van der Waals surface area contributed by atoms with E-state index in [1.165, 1.54) is 6.08 Å². The summed E-state index contributed by atoms with van der Waals surface area (Å²) >= 11 is 0. The summed E-state index contributed by atoms with van der Waals surface area (Å²) in [6, 6.07) is 1.83. The van der Waals surface area contributed by atoms with Crippen LogP contribution in [0.5, 0.6) is 11.5 Å². The maximum absolute atomic E-state index is 13.1. The number of amides is 1. The first-order valence-electron chi connectivity index (χ1n) is 12.9. The van der Waals surface area contributed by atoms with E-state index in [2.05, 4.69) is 10.0 Å². The van der Waals surface area contributed by atoms with Crippen molar-refractivity contribution in [1.82, 2.24) is 10.4 Å². The fraction of sp³-hybridized carbons (Fsp3) is 0.440. The summed E-state index contributed by atoms with van der Waals surface area (Å²) < 4.78 is 37.9. The third-order valence-electron chi connectivity index (χ3n) is 5.95. The number of hydrogen-bond acceptors (Lipinski definition) is 9. The number of benzene rings is 1. The van der Waals surface area contributed by atoms with Crippen LogP contribution in [0, 0.1) is 0 Å². The fourth-order valence-corrected chi connectivity index (χ4v) is 4.97. The molecule has 1 aromatic carbocycles. The van der Waals surface area contributed by atoms with Crippen molar-refractivity contribution in [3.8, 4) is 11.5 Å². The van der Waals surface area contributed by atoms with E-state index < -0.39 is 38.7 Å².